The van der Waals surface area contributed by atoms with E-state index in [0.717, 1.165) is 88.8 Å². The first-order chi connectivity index (χ1) is 29.2. The second-order valence-corrected chi connectivity index (χ2v) is 15.3. The molecule has 0 unspecified atom stereocenters. The summed E-state index contributed by atoms with van der Waals surface area (Å²) in [5.74, 6) is 0. The number of fused-ring (bicyclic) bond motifs is 9. The molecule has 3 nitrogen and oxygen atoms in total. The van der Waals surface area contributed by atoms with Gasteiger partial charge < -0.3 is 13.7 Å². The Morgan fingerprint density at radius 2 is 0.814 bits per heavy atom. The Kier molecular flexibility index (Phi) is 7.54. The van der Waals surface area contributed by atoms with Crippen molar-refractivity contribution in [2.75, 3.05) is 4.90 Å². The quantitative estimate of drug-likeness (QED) is 0.158. The Hall–Kier alpha value is -7.88. The minimum Gasteiger partial charge on any atom is -0.456 e. The summed E-state index contributed by atoms with van der Waals surface area (Å²) in [6.07, 6.45) is 0. The van der Waals surface area contributed by atoms with Gasteiger partial charge in [-0.15, -0.1) is 0 Å². The summed E-state index contributed by atoms with van der Waals surface area (Å²) < 4.78 is 12.8. The molecule has 276 valence electrons. The Bertz CT molecular complexity index is 3560. The summed E-state index contributed by atoms with van der Waals surface area (Å²) in [6, 6.07) is 75.9. The maximum Gasteiger partial charge on any atom is 0.137 e. The highest BCUT2D eigenvalue weighted by Gasteiger charge is 2.21. The fourth-order valence-corrected chi connectivity index (χ4v) is 9.03. The predicted octanol–water partition coefficient (Wildman–Crippen LogP) is 16.3. The lowest BCUT2D eigenvalue weighted by Crippen LogP contribution is -2.11. The van der Waals surface area contributed by atoms with Crippen LogP contribution in [0.25, 0.3) is 98.8 Å². The third-order valence-electron chi connectivity index (χ3n) is 11.9. The molecule has 59 heavy (non-hydrogen) atoms. The molecule has 0 N–H and O–H groups in total. The summed E-state index contributed by atoms with van der Waals surface area (Å²) in [4.78, 5) is 2.38. The van der Waals surface area contributed by atoms with Crippen molar-refractivity contribution < 1.29 is 8.83 Å². The zero-order valence-corrected chi connectivity index (χ0v) is 32.0. The number of hydrogen-bond acceptors (Lipinski definition) is 3. The summed E-state index contributed by atoms with van der Waals surface area (Å²) in [5.41, 5.74) is 13.5. The molecule has 2 aromatic heterocycles. The Labute approximate surface area is 340 Å². The maximum atomic E-state index is 6.51. The van der Waals surface area contributed by atoms with E-state index in [1.807, 2.05) is 24.3 Å². The van der Waals surface area contributed by atoms with Gasteiger partial charge in [0.05, 0.1) is 5.69 Å². The lowest BCUT2D eigenvalue weighted by atomic mass is 9.91. The van der Waals surface area contributed by atoms with E-state index in [9.17, 15) is 0 Å². The zero-order valence-electron chi connectivity index (χ0n) is 32.0. The molecule has 12 aromatic rings. The van der Waals surface area contributed by atoms with Crippen LogP contribution in [0.4, 0.5) is 17.1 Å². The predicted molar refractivity (Wildman–Crippen MR) is 247 cm³/mol. The molecule has 0 saturated heterocycles. The topological polar surface area (TPSA) is 29.5 Å². The van der Waals surface area contributed by atoms with Crippen molar-refractivity contribution in [1.29, 1.82) is 0 Å². The first kappa shape index (κ1) is 33.3. The van der Waals surface area contributed by atoms with Gasteiger partial charge in [0.2, 0.25) is 0 Å². The molecule has 0 spiro atoms. The van der Waals surface area contributed by atoms with Crippen molar-refractivity contribution in [1.82, 2.24) is 0 Å². The third-order valence-corrected chi connectivity index (χ3v) is 11.9. The summed E-state index contributed by atoms with van der Waals surface area (Å²) in [7, 11) is 0. The molecule has 2 heterocycles. The number of nitrogens with zero attached hydrogens (tertiary/aromatic N) is 1. The van der Waals surface area contributed by atoms with Crippen LogP contribution in [0.2, 0.25) is 0 Å². The van der Waals surface area contributed by atoms with E-state index in [1.54, 1.807) is 0 Å². The molecule has 3 heteroatoms. The van der Waals surface area contributed by atoms with Gasteiger partial charge in [-0.2, -0.15) is 0 Å². The van der Waals surface area contributed by atoms with Crippen molar-refractivity contribution in [2.24, 2.45) is 0 Å². The molecule has 0 atom stereocenters. The average Bonchev–Trinajstić information content (AvgIpc) is 3.87. The average molecular weight is 754 g/mol. The lowest BCUT2D eigenvalue weighted by molar-refractivity contribution is 0.668. The van der Waals surface area contributed by atoms with E-state index in [2.05, 4.69) is 193 Å². The van der Waals surface area contributed by atoms with Crippen LogP contribution >= 0.6 is 0 Å². The molecule has 0 saturated carbocycles. The molecule has 0 aliphatic heterocycles. The van der Waals surface area contributed by atoms with E-state index in [1.165, 1.54) is 27.1 Å². The number of hydrogen-bond donors (Lipinski definition) is 0. The highest BCUT2D eigenvalue weighted by atomic mass is 16.3. The van der Waals surface area contributed by atoms with Gasteiger partial charge in [0.1, 0.15) is 22.3 Å². The van der Waals surface area contributed by atoms with Crippen molar-refractivity contribution in [3.63, 3.8) is 0 Å². The van der Waals surface area contributed by atoms with Gasteiger partial charge >= 0.3 is 0 Å². The van der Waals surface area contributed by atoms with E-state index in [4.69, 9.17) is 8.83 Å². The van der Waals surface area contributed by atoms with Gasteiger partial charge in [-0.05, 0) is 110 Å². The van der Waals surface area contributed by atoms with Gasteiger partial charge in [0, 0.05) is 44.5 Å². The van der Waals surface area contributed by atoms with Gasteiger partial charge in [0.15, 0.2) is 0 Å². The molecule has 0 aliphatic carbocycles. The summed E-state index contributed by atoms with van der Waals surface area (Å²) in [6.45, 7) is 0. The molecule has 12 rings (SSSR count). The SMILES string of the molecule is c1ccc(-c2ccc(-c3cc4ccccc4c4ccccc34)cc2N(c2ccc(-c3ccc4c(c3)oc3ccccc34)cc2)c2ccc3c(c2)oc2ccccc23)cc1. The summed E-state index contributed by atoms with van der Waals surface area (Å²) >= 11 is 0. The first-order valence-corrected chi connectivity index (χ1v) is 20.1. The van der Waals surface area contributed by atoms with Crippen LogP contribution in [-0.2, 0) is 0 Å². The second kappa shape index (κ2) is 13.4. The fraction of sp³-hybridized carbons (Fsp3) is 0. The first-order valence-electron chi connectivity index (χ1n) is 20.1. The molecule has 0 aliphatic rings. The van der Waals surface area contributed by atoms with Gasteiger partial charge in [-0.3, -0.25) is 0 Å². The smallest absolute Gasteiger partial charge is 0.137 e. The molecule has 0 bridgehead atoms. The molecule has 0 amide bonds. The van der Waals surface area contributed by atoms with Gasteiger partial charge in [-0.25, -0.2) is 0 Å². The zero-order chi connectivity index (χ0) is 38.9. The van der Waals surface area contributed by atoms with Gasteiger partial charge in [0.25, 0.3) is 0 Å². The normalized spacial score (nSPS) is 11.7. The molecular formula is C56H35NO2. The number of benzene rings is 10. The van der Waals surface area contributed by atoms with Crippen molar-refractivity contribution in [3.8, 4) is 33.4 Å². The number of anilines is 3. The molecule has 0 fully saturated rings. The number of para-hydroxylation sites is 2. The van der Waals surface area contributed by atoms with Crippen LogP contribution in [0.15, 0.2) is 221 Å². The Balaban J connectivity index is 1.07. The van der Waals surface area contributed by atoms with Crippen LogP contribution < -0.4 is 4.90 Å². The standard InChI is InChI=1S/C56H35NO2/c1-2-12-37(13-3-1)44-29-25-40(51-32-39-14-4-5-15-43(39)45-16-6-7-17-46(45)51)33-52(44)57(42-28-31-50-48-19-9-11-21-54(48)59-56(50)35-42)41-26-22-36(23-27-41)38-24-30-49-47-18-8-10-20-53(47)58-55(49)34-38/h1-35H. The Morgan fingerprint density at radius 1 is 0.271 bits per heavy atom. The minimum absolute atomic E-state index is 0.849. The molecule has 0 radical (unpaired) electrons. The van der Waals surface area contributed by atoms with Crippen molar-refractivity contribution in [2.45, 2.75) is 0 Å². The maximum absolute atomic E-state index is 6.51. The van der Waals surface area contributed by atoms with E-state index in [0.29, 0.717) is 0 Å². The Morgan fingerprint density at radius 3 is 1.56 bits per heavy atom. The second-order valence-electron chi connectivity index (χ2n) is 15.3. The largest absolute Gasteiger partial charge is 0.456 e. The molecular weight excluding hydrogens is 719 g/mol. The van der Waals surface area contributed by atoms with Crippen molar-refractivity contribution >= 4 is 82.5 Å². The van der Waals surface area contributed by atoms with E-state index in [-0.39, 0.29) is 0 Å². The number of rotatable bonds is 6. The fourth-order valence-electron chi connectivity index (χ4n) is 9.03. The monoisotopic (exact) mass is 753 g/mol. The summed E-state index contributed by atoms with van der Waals surface area (Å²) in [5, 5.41) is 9.42. The van der Waals surface area contributed by atoms with E-state index < -0.39 is 0 Å². The lowest BCUT2D eigenvalue weighted by Gasteiger charge is -2.29. The van der Waals surface area contributed by atoms with Crippen molar-refractivity contribution in [3.05, 3.63) is 212 Å². The van der Waals surface area contributed by atoms with Crippen LogP contribution in [0.3, 0.4) is 0 Å². The minimum atomic E-state index is 0.849. The van der Waals surface area contributed by atoms with Crippen LogP contribution in [0, 0.1) is 0 Å². The number of furan rings is 2. The van der Waals surface area contributed by atoms with Gasteiger partial charge in [-0.1, -0.05) is 146 Å². The molecule has 10 aromatic carbocycles. The highest BCUT2D eigenvalue weighted by molar-refractivity contribution is 6.14. The van der Waals surface area contributed by atoms with E-state index >= 15 is 0 Å². The highest BCUT2D eigenvalue weighted by Crippen LogP contribution is 2.46. The van der Waals surface area contributed by atoms with Crippen LogP contribution in [-0.4, -0.2) is 0 Å². The van der Waals surface area contributed by atoms with Crippen LogP contribution in [0.1, 0.15) is 0 Å². The third kappa shape index (κ3) is 5.51. The van der Waals surface area contributed by atoms with Crippen LogP contribution in [0.5, 0.6) is 0 Å².